The van der Waals surface area contributed by atoms with E-state index in [1.807, 2.05) is 18.4 Å². The SMILES string of the molecule is COc1ccc(CNCC(C)(O)c2ccc(F)cc2)cc1SC. The van der Waals surface area contributed by atoms with Crippen molar-refractivity contribution in [3.63, 3.8) is 0 Å². The topological polar surface area (TPSA) is 41.5 Å². The van der Waals surface area contributed by atoms with E-state index >= 15 is 0 Å². The Morgan fingerprint density at radius 2 is 1.91 bits per heavy atom. The predicted molar refractivity (Wildman–Crippen MR) is 92.5 cm³/mol. The maximum absolute atomic E-state index is 13.0. The van der Waals surface area contributed by atoms with Crippen molar-refractivity contribution in [2.45, 2.75) is 24.0 Å². The highest BCUT2D eigenvalue weighted by atomic mass is 32.2. The van der Waals surface area contributed by atoms with Crippen LogP contribution in [0.3, 0.4) is 0 Å². The van der Waals surface area contributed by atoms with Gasteiger partial charge in [0.25, 0.3) is 0 Å². The van der Waals surface area contributed by atoms with Crippen molar-refractivity contribution in [2.75, 3.05) is 19.9 Å². The van der Waals surface area contributed by atoms with Crippen molar-refractivity contribution in [1.29, 1.82) is 0 Å². The summed E-state index contributed by atoms with van der Waals surface area (Å²) in [4.78, 5) is 1.08. The molecule has 0 aliphatic heterocycles. The van der Waals surface area contributed by atoms with E-state index in [-0.39, 0.29) is 5.82 Å². The van der Waals surface area contributed by atoms with E-state index < -0.39 is 5.60 Å². The molecule has 0 bridgehead atoms. The number of rotatable bonds is 7. The number of halogens is 1. The lowest BCUT2D eigenvalue weighted by molar-refractivity contribution is 0.0566. The molecule has 124 valence electrons. The second-order valence-corrected chi connectivity index (χ2v) is 6.42. The zero-order valence-electron chi connectivity index (χ0n) is 13.6. The Balaban J connectivity index is 1.97. The summed E-state index contributed by atoms with van der Waals surface area (Å²) in [7, 11) is 1.66. The average Bonchev–Trinajstić information content (AvgIpc) is 2.55. The highest BCUT2D eigenvalue weighted by Gasteiger charge is 2.22. The van der Waals surface area contributed by atoms with Crippen LogP contribution in [0.2, 0.25) is 0 Å². The normalized spacial score (nSPS) is 13.6. The Bertz CT molecular complexity index is 644. The first-order valence-electron chi connectivity index (χ1n) is 7.36. The summed E-state index contributed by atoms with van der Waals surface area (Å²) in [5.41, 5.74) is 0.749. The van der Waals surface area contributed by atoms with Gasteiger partial charge in [0, 0.05) is 18.0 Å². The molecular formula is C18H22FNO2S. The van der Waals surface area contributed by atoms with Crippen LogP contribution in [0.1, 0.15) is 18.1 Å². The van der Waals surface area contributed by atoms with E-state index in [9.17, 15) is 9.50 Å². The van der Waals surface area contributed by atoms with Crippen LogP contribution < -0.4 is 10.1 Å². The fraction of sp³-hybridized carbons (Fsp3) is 0.333. The van der Waals surface area contributed by atoms with E-state index in [2.05, 4.69) is 11.4 Å². The molecule has 0 amide bonds. The molecule has 0 radical (unpaired) electrons. The van der Waals surface area contributed by atoms with Gasteiger partial charge in [0.05, 0.1) is 12.7 Å². The minimum Gasteiger partial charge on any atom is -0.496 e. The van der Waals surface area contributed by atoms with Gasteiger partial charge in [-0.3, -0.25) is 0 Å². The Labute approximate surface area is 140 Å². The number of hydrogen-bond donors (Lipinski definition) is 2. The number of methoxy groups -OCH3 is 1. The lowest BCUT2D eigenvalue weighted by Crippen LogP contribution is -2.35. The largest absolute Gasteiger partial charge is 0.496 e. The Morgan fingerprint density at radius 1 is 1.22 bits per heavy atom. The van der Waals surface area contributed by atoms with Gasteiger partial charge in [-0.15, -0.1) is 11.8 Å². The molecule has 2 N–H and O–H groups in total. The first-order chi connectivity index (χ1) is 11.0. The minimum absolute atomic E-state index is 0.305. The molecule has 0 aromatic heterocycles. The number of ether oxygens (including phenoxy) is 1. The van der Waals surface area contributed by atoms with Crippen LogP contribution >= 0.6 is 11.8 Å². The molecule has 2 aromatic rings. The molecule has 23 heavy (non-hydrogen) atoms. The Hall–Kier alpha value is -1.56. The molecule has 0 aliphatic carbocycles. The molecule has 1 unspecified atom stereocenters. The second-order valence-electron chi connectivity index (χ2n) is 5.57. The van der Waals surface area contributed by atoms with Crippen molar-refractivity contribution in [2.24, 2.45) is 0 Å². The number of hydrogen-bond acceptors (Lipinski definition) is 4. The molecule has 0 spiro atoms. The summed E-state index contributed by atoms with van der Waals surface area (Å²) in [6.07, 6.45) is 2.01. The first-order valence-corrected chi connectivity index (χ1v) is 8.59. The number of benzene rings is 2. The smallest absolute Gasteiger partial charge is 0.132 e. The summed E-state index contributed by atoms with van der Waals surface area (Å²) in [6, 6.07) is 11.9. The fourth-order valence-electron chi connectivity index (χ4n) is 2.35. The van der Waals surface area contributed by atoms with Crippen LogP contribution in [-0.4, -0.2) is 25.0 Å². The summed E-state index contributed by atoms with van der Waals surface area (Å²) in [6.45, 7) is 2.72. The van der Waals surface area contributed by atoms with Crippen molar-refractivity contribution >= 4 is 11.8 Å². The van der Waals surface area contributed by atoms with Crippen molar-refractivity contribution in [3.8, 4) is 5.75 Å². The Kier molecular flexibility index (Phi) is 6.04. The van der Waals surface area contributed by atoms with Gasteiger partial charge >= 0.3 is 0 Å². The van der Waals surface area contributed by atoms with E-state index in [1.165, 1.54) is 12.1 Å². The molecule has 0 heterocycles. The fourth-order valence-corrected chi connectivity index (χ4v) is 2.97. The van der Waals surface area contributed by atoms with E-state index in [0.717, 1.165) is 16.2 Å². The van der Waals surface area contributed by atoms with Crippen LogP contribution in [0.4, 0.5) is 4.39 Å². The van der Waals surface area contributed by atoms with Crippen molar-refractivity contribution in [3.05, 3.63) is 59.4 Å². The van der Waals surface area contributed by atoms with Gasteiger partial charge in [0.2, 0.25) is 0 Å². The number of nitrogens with one attached hydrogen (secondary N) is 1. The zero-order chi connectivity index (χ0) is 16.9. The van der Waals surface area contributed by atoms with Crippen molar-refractivity contribution in [1.82, 2.24) is 5.32 Å². The standard InChI is InChI=1S/C18H22FNO2S/c1-18(21,14-5-7-15(19)8-6-14)12-20-11-13-4-9-16(22-2)17(10-13)23-3/h4-10,20-21H,11-12H2,1-3H3. The average molecular weight is 335 g/mol. The Morgan fingerprint density at radius 3 is 2.52 bits per heavy atom. The first kappa shape index (κ1) is 17.8. The maximum atomic E-state index is 13.0. The highest BCUT2D eigenvalue weighted by Crippen LogP contribution is 2.28. The summed E-state index contributed by atoms with van der Waals surface area (Å²) in [5.74, 6) is 0.555. The molecule has 3 nitrogen and oxygen atoms in total. The molecule has 0 saturated carbocycles. The summed E-state index contributed by atoms with van der Waals surface area (Å²) >= 11 is 1.63. The molecule has 0 aliphatic rings. The van der Waals surface area contributed by atoms with E-state index in [4.69, 9.17) is 4.74 Å². The predicted octanol–water partition coefficient (Wildman–Crippen LogP) is 3.55. The number of thioether (sulfide) groups is 1. The molecule has 1 atom stereocenters. The second kappa shape index (κ2) is 7.81. The summed E-state index contributed by atoms with van der Waals surface area (Å²) < 4.78 is 18.3. The van der Waals surface area contributed by atoms with Crippen molar-refractivity contribution < 1.29 is 14.2 Å². The van der Waals surface area contributed by atoms with Gasteiger partial charge in [-0.2, -0.15) is 0 Å². The van der Waals surface area contributed by atoms with Crippen LogP contribution in [0, 0.1) is 5.82 Å². The molecular weight excluding hydrogens is 313 g/mol. The van der Waals surface area contributed by atoms with Gasteiger partial charge in [-0.05, 0) is 48.6 Å². The van der Waals surface area contributed by atoms with Crippen LogP contribution in [-0.2, 0) is 12.1 Å². The van der Waals surface area contributed by atoms with Gasteiger partial charge in [0.1, 0.15) is 11.6 Å². The maximum Gasteiger partial charge on any atom is 0.132 e. The third kappa shape index (κ3) is 4.70. The molecule has 2 rings (SSSR count). The number of aliphatic hydroxyl groups is 1. The molecule has 0 saturated heterocycles. The molecule has 0 fully saturated rings. The zero-order valence-corrected chi connectivity index (χ0v) is 14.4. The van der Waals surface area contributed by atoms with E-state index in [0.29, 0.717) is 18.7 Å². The molecule has 5 heteroatoms. The van der Waals surface area contributed by atoms with Crippen LogP contribution in [0.5, 0.6) is 5.75 Å². The van der Waals surface area contributed by atoms with Gasteiger partial charge in [-0.25, -0.2) is 4.39 Å². The van der Waals surface area contributed by atoms with Gasteiger partial charge in [-0.1, -0.05) is 18.2 Å². The van der Waals surface area contributed by atoms with E-state index in [1.54, 1.807) is 37.9 Å². The quantitative estimate of drug-likeness (QED) is 0.759. The van der Waals surface area contributed by atoms with Crippen LogP contribution in [0.15, 0.2) is 47.4 Å². The van der Waals surface area contributed by atoms with Gasteiger partial charge < -0.3 is 15.2 Å². The molecule has 2 aromatic carbocycles. The highest BCUT2D eigenvalue weighted by molar-refractivity contribution is 7.98. The monoisotopic (exact) mass is 335 g/mol. The minimum atomic E-state index is -1.05. The third-order valence-corrected chi connectivity index (χ3v) is 4.47. The summed E-state index contributed by atoms with van der Waals surface area (Å²) in [5, 5.41) is 13.8. The van der Waals surface area contributed by atoms with Crippen LogP contribution in [0.25, 0.3) is 0 Å². The van der Waals surface area contributed by atoms with Gasteiger partial charge in [0.15, 0.2) is 0 Å². The third-order valence-electron chi connectivity index (χ3n) is 3.71. The lowest BCUT2D eigenvalue weighted by Gasteiger charge is -2.24. The lowest BCUT2D eigenvalue weighted by atomic mass is 9.96.